The van der Waals surface area contributed by atoms with Crippen LogP contribution in [-0.4, -0.2) is 9.97 Å². The second-order valence-electron chi connectivity index (χ2n) is 3.05. The maximum absolute atomic E-state index is 11.2. The first kappa shape index (κ1) is 10.9. The fourth-order valence-corrected chi connectivity index (χ4v) is 1.79. The third kappa shape index (κ3) is 1.75. The highest BCUT2D eigenvalue weighted by molar-refractivity contribution is 6.38. The Labute approximate surface area is 97.7 Å². The highest BCUT2D eigenvalue weighted by atomic mass is 35.5. The van der Waals surface area contributed by atoms with Gasteiger partial charge in [0, 0.05) is 5.02 Å². The van der Waals surface area contributed by atoms with E-state index in [0.717, 1.165) is 0 Å². The maximum Gasteiger partial charge on any atom is 0.307 e. The summed E-state index contributed by atoms with van der Waals surface area (Å²) in [5.74, 6) is 0. The van der Waals surface area contributed by atoms with Gasteiger partial charge in [-0.3, -0.25) is 14.4 Å². The number of aromatic amines is 2. The van der Waals surface area contributed by atoms with E-state index in [1.807, 2.05) is 0 Å². The van der Waals surface area contributed by atoms with E-state index in [4.69, 9.17) is 23.2 Å². The molecular weight excluding hydrogens is 255 g/mol. The van der Waals surface area contributed by atoms with Gasteiger partial charge >= 0.3 is 16.5 Å². The molecule has 0 unspecified atom stereocenters. The highest BCUT2D eigenvalue weighted by Crippen LogP contribution is 2.23. The van der Waals surface area contributed by atoms with Crippen molar-refractivity contribution in [1.29, 1.82) is 0 Å². The van der Waals surface area contributed by atoms with Crippen molar-refractivity contribution in [2.75, 3.05) is 0 Å². The average molecular weight is 259 g/mol. The number of fused-ring (bicyclic) bond motifs is 1. The van der Waals surface area contributed by atoms with Crippen LogP contribution in [0.4, 0.5) is 0 Å². The van der Waals surface area contributed by atoms with Gasteiger partial charge < -0.3 is 9.97 Å². The second kappa shape index (κ2) is 3.77. The van der Waals surface area contributed by atoms with E-state index >= 15 is 0 Å². The first-order valence-corrected chi connectivity index (χ1v) is 4.90. The van der Waals surface area contributed by atoms with Crippen LogP contribution in [0, 0.1) is 0 Å². The fraction of sp³-hybridized carbons (Fsp3) is 0. The minimum absolute atomic E-state index is 0.144. The molecule has 82 valence electrons. The minimum Gasteiger partial charge on any atom is -0.317 e. The van der Waals surface area contributed by atoms with Gasteiger partial charge in [0.2, 0.25) is 0 Å². The number of H-pyrrole nitrogens is 2. The van der Waals surface area contributed by atoms with Gasteiger partial charge in [-0.15, -0.1) is 0 Å². The van der Waals surface area contributed by atoms with Gasteiger partial charge in [-0.25, -0.2) is 0 Å². The van der Waals surface area contributed by atoms with Crippen LogP contribution < -0.4 is 16.5 Å². The number of benzene rings is 1. The molecular formula is C9H4Cl2N2O3. The Morgan fingerprint density at radius 1 is 0.938 bits per heavy atom. The number of rotatable bonds is 0. The lowest BCUT2D eigenvalue weighted by atomic mass is 10.3. The van der Waals surface area contributed by atoms with Crippen molar-refractivity contribution in [3.63, 3.8) is 0 Å². The number of aromatic nitrogens is 2. The van der Waals surface area contributed by atoms with Crippen LogP contribution in [-0.2, 0) is 0 Å². The van der Waals surface area contributed by atoms with Gasteiger partial charge in [0.15, 0.2) is 0 Å². The smallest absolute Gasteiger partial charge is 0.307 e. The van der Waals surface area contributed by atoms with Gasteiger partial charge in [0.1, 0.15) is 0 Å². The van der Waals surface area contributed by atoms with Gasteiger partial charge in [-0.2, -0.15) is 0 Å². The van der Waals surface area contributed by atoms with E-state index in [0.29, 0.717) is 0 Å². The third-order valence-corrected chi connectivity index (χ3v) is 2.47. The Kier molecular flexibility index (Phi) is 2.57. The van der Waals surface area contributed by atoms with E-state index in [1.165, 1.54) is 12.1 Å². The van der Waals surface area contributed by atoms with E-state index in [-0.39, 0.29) is 21.1 Å². The zero-order chi connectivity index (χ0) is 11.9. The lowest BCUT2D eigenvalue weighted by Gasteiger charge is -1.96. The Hall–Kier alpha value is -1.59. The molecule has 5 nitrogen and oxygen atoms in total. The molecule has 0 aliphatic heterocycles. The molecule has 1 heterocycles. The van der Waals surface area contributed by atoms with Crippen LogP contribution in [0.15, 0.2) is 26.5 Å². The normalized spacial score (nSPS) is 10.6. The number of hydrogen-bond donors (Lipinski definition) is 2. The Bertz CT molecular complexity index is 748. The molecule has 0 spiro atoms. The molecule has 2 rings (SSSR count). The quantitative estimate of drug-likeness (QED) is 0.689. The SMILES string of the molecule is O=c1[nH]c2cc(Cl)cc(Cl)c2[nH]c(=O)c1=O. The summed E-state index contributed by atoms with van der Waals surface area (Å²) in [6, 6.07) is 2.78. The van der Waals surface area contributed by atoms with Crippen LogP contribution in [0.1, 0.15) is 0 Å². The van der Waals surface area contributed by atoms with Gasteiger partial charge in [-0.1, -0.05) is 23.2 Å². The second-order valence-corrected chi connectivity index (χ2v) is 3.89. The van der Waals surface area contributed by atoms with Crippen LogP contribution in [0.5, 0.6) is 0 Å². The lowest BCUT2D eigenvalue weighted by Crippen LogP contribution is -2.36. The number of halogens is 2. The summed E-state index contributed by atoms with van der Waals surface area (Å²) >= 11 is 11.5. The van der Waals surface area contributed by atoms with E-state index in [2.05, 4.69) is 9.97 Å². The summed E-state index contributed by atoms with van der Waals surface area (Å²) < 4.78 is 0. The third-order valence-electron chi connectivity index (χ3n) is 1.95. The molecule has 0 aliphatic rings. The predicted octanol–water partition coefficient (Wildman–Crippen LogP) is 0.883. The molecule has 16 heavy (non-hydrogen) atoms. The van der Waals surface area contributed by atoms with Crippen molar-refractivity contribution in [3.8, 4) is 0 Å². The zero-order valence-corrected chi connectivity index (χ0v) is 9.15. The van der Waals surface area contributed by atoms with Crippen molar-refractivity contribution >= 4 is 34.2 Å². The Morgan fingerprint density at radius 2 is 1.56 bits per heavy atom. The van der Waals surface area contributed by atoms with Crippen molar-refractivity contribution in [2.24, 2.45) is 0 Å². The maximum atomic E-state index is 11.2. The van der Waals surface area contributed by atoms with Crippen molar-refractivity contribution < 1.29 is 0 Å². The van der Waals surface area contributed by atoms with E-state index < -0.39 is 16.5 Å². The Morgan fingerprint density at radius 3 is 2.25 bits per heavy atom. The Balaban J connectivity index is 3.19. The van der Waals surface area contributed by atoms with Gasteiger partial charge in [0.05, 0.1) is 16.1 Å². The minimum atomic E-state index is -1.18. The molecule has 2 aromatic rings. The molecule has 0 bridgehead atoms. The summed E-state index contributed by atoms with van der Waals surface area (Å²) in [6.07, 6.45) is 0. The van der Waals surface area contributed by atoms with E-state index in [1.54, 1.807) is 0 Å². The summed E-state index contributed by atoms with van der Waals surface area (Å²) in [6.45, 7) is 0. The molecule has 0 aliphatic carbocycles. The van der Waals surface area contributed by atoms with Crippen molar-refractivity contribution in [2.45, 2.75) is 0 Å². The molecule has 2 N–H and O–H groups in total. The first-order valence-electron chi connectivity index (χ1n) is 4.15. The first-order chi connectivity index (χ1) is 7.49. The molecule has 1 aromatic heterocycles. The average Bonchev–Trinajstić information content (AvgIpc) is 2.29. The molecule has 0 atom stereocenters. The fourth-order valence-electron chi connectivity index (χ4n) is 1.25. The van der Waals surface area contributed by atoms with E-state index in [9.17, 15) is 14.4 Å². The molecule has 0 fully saturated rings. The summed E-state index contributed by atoms with van der Waals surface area (Å²) in [7, 11) is 0. The summed E-state index contributed by atoms with van der Waals surface area (Å²) in [4.78, 5) is 38.0. The number of nitrogens with one attached hydrogen (secondary N) is 2. The van der Waals surface area contributed by atoms with Gasteiger partial charge in [0.25, 0.3) is 0 Å². The van der Waals surface area contributed by atoms with Crippen LogP contribution in [0.2, 0.25) is 10.0 Å². The predicted molar refractivity (Wildman–Crippen MR) is 61.5 cm³/mol. The van der Waals surface area contributed by atoms with Gasteiger partial charge in [-0.05, 0) is 12.1 Å². The van der Waals surface area contributed by atoms with Crippen LogP contribution in [0.25, 0.3) is 11.0 Å². The summed E-state index contributed by atoms with van der Waals surface area (Å²) in [5.41, 5.74) is -2.87. The van der Waals surface area contributed by atoms with Crippen molar-refractivity contribution in [3.05, 3.63) is 53.1 Å². The topological polar surface area (TPSA) is 82.8 Å². The standard InChI is InChI=1S/C9H4Cl2N2O3/c10-3-1-4(11)6-5(2-3)12-8(15)7(14)9(16)13-6/h1-2H,(H2,12,13,14,15,16). The van der Waals surface area contributed by atoms with Crippen LogP contribution in [0.3, 0.4) is 0 Å². The highest BCUT2D eigenvalue weighted by Gasteiger charge is 2.05. The molecule has 1 aromatic carbocycles. The zero-order valence-electron chi connectivity index (χ0n) is 7.64. The number of hydrogen-bond acceptors (Lipinski definition) is 3. The van der Waals surface area contributed by atoms with Crippen LogP contribution >= 0.6 is 23.2 Å². The molecule has 0 saturated carbocycles. The monoisotopic (exact) mass is 258 g/mol. The largest absolute Gasteiger partial charge is 0.317 e. The molecule has 7 heteroatoms. The molecule has 0 radical (unpaired) electrons. The molecule has 0 saturated heterocycles. The van der Waals surface area contributed by atoms with Crippen molar-refractivity contribution in [1.82, 2.24) is 9.97 Å². The summed E-state index contributed by atoms with van der Waals surface area (Å²) in [5, 5.41) is 0.429. The lowest BCUT2D eigenvalue weighted by molar-refractivity contribution is 1.22. The molecule has 0 amide bonds.